The minimum Gasteiger partial charge on any atom is -0.547 e. The Hall–Kier alpha value is -0.690. The largest absolute Gasteiger partial charge is 2.00 e. The maximum atomic E-state index is 9.63. The molecular formula is C6H22CaO15. The van der Waals surface area contributed by atoms with Gasteiger partial charge in [0.2, 0.25) is 0 Å². The fraction of sp³-hybridized carbons (Fsp3) is 0.500. The first-order valence-electron chi connectivity index (χ1n) is 3.17. The van der Waals surface area contributed by atoms with Gasteiger partial charge in [-0.2, -0.15) is 0 Å². The molecule has 0 aliphatic heterocycles. The van der Waals surface area contributed by atoms with Gasteiger partial charge in [-0.15, -0.1) is 0 Å². The van der Waals surface area contributed by atoms with Crippen molar-refractivity contribution in [1.82, 2.24) is 0 Å². The van der Waals surface area contributed by atoms with Crippen LogP contribution < -0.4 is 10.2 Å². The summed E-state index contributed by atoms with van der Waals surface area (Å²) in [6.07, 6.45) is -4.88. The molecule has 16 heteroatoms. The van der Waals surface area contributed by atoms with Crippen molar-refractivity contribution < 1.29 is 78.2 Å². The second-order valence-corrected chi connectivity index (χ2v) is 2.05. The molecule has 17 N–H and O–H groups in total. The number of carbonyl (C=O) groups is 3. The zero-order valence-electron chi connectivity index (χ0n) is 11.2. The summed E-state index contributed by atoms with van der Waals surface area (Å²) in [5.41, 5.74) is 0. The molecule has 0 aliphatic rings. The van der Waals surface area contributed by atoms with Crippen molar-refractivity contribution in [2.75, 3.05) is 0 Å². The molecule has 0 amide bonds. The summed E-state index contributed by atoms with van der Waals surface area (Å²) >= 11 is 0. The van der Waals surface area contributed by atoms with Gasteiger partial charge in [-0.1, -0.05) is 0 Å². The minimum atomic E-state index is -2.44. The van der Waals surface area contributed by atoms with Crippen LogP contribution in [0.15, 0.2) is 0 Å². The van der Waals surface area contributed by atoms with E-state index in [4.69, 9.17) is 20.1 Å². The van der Waals surface area contributed by atoms with E-state index in [1.165, 1.54) is 0 Å². The molecule has 2 unspecified atom stereocenters. The summed E-state index contributed by atoms with van der Waals surface area (Å²) in [6.45, 7) is 1.08. The van der Waals surface area contributed by atoms with Crippen LogP contribution in [-0.4, -0.2) is 122 Å². The molecule has 0 saturated heterocycles. The first-order chi connectivity index (χ1) is 6.20. The van der Waals surface area contributed by atoms with E-state index < -0.39 is 30.1 Å². The fourth-order valence-corrected chi connectivity index (χ4v) is 0.258. The summed E-state index contributed by atoms with van der Waals surface area (Å²) < 4.78 is 0. The van der Waals surface area contributed by atoms with Gasteiger partial charge in [0.25, 0.3) is 5.97 Å². The van der Waals surface area contributed by atoms with Crippen molar-refractivity contribution in [1.29, 1.82) is 0 Å². The van der Waals surface area contributed by atoms with Crippen LogP contribution in [0.2, 0.25) is 0 Å². The number of rotatable bonds is 3. The molecule has 15 nitrogen and oxygen atoms in total. The van der Waals surface area contributed by atoms with Gasteiger partial charge in [-0.3, -0.25) is 4.79 Å². The van der Waals surface area contributed by atoms with Crippen molar-refractivity contribution in [3.8, 4) is 0 Å². The van der Waals surface area contributed by atoms with Crippen molar-refractivity contribution in [2.24, 2.45) is 0 Å². The van der Waals surface area contributed by atoms with Crippen LogP contribution in [0.25, 0.3) is 0 Å². The van der Waals surface area contributed by atoms with Crippen molar-refractivity contribution in [3.05, 3.63) is 0 Å². The van der Waals surface area contributed by atoms with Crippen LogP contribution in [-0.2, 0) is 14.4 Å². The van der Waals surface area contributed by atoms with Gasteiger partial charge in [-0.05, 0) is 0 Å². The number of aliphatic hydroxyl groups excluding tert-OH is 2. The molecule has 0 rings (SSSR count). The van der Waals surface area contributed by atoms with Gasteiger partial charge >= 0.3 is 37.7 Å². The smallest absolute Gasteiger partial charge is 0.547 e. The first kappa shape index (κ1) is 68.7. The Balaban J connectivity index is -0.0000000137. The second kappa shape index (κ2) is 37.0. The maximum Gasteiger partial charge on any atom is 2.00 e. The summed E-state index contributed by atoms with van der Waals surface area (Å²) in [6, 6.07) is 0. The third kappa shape index (κ3) is 50.6. The maximum absolute atomic E-state index is 9.63. The van der Waals surface area contributed by atoms with E-state index in [0.717, 1.165) is 6.92 Å². The van der Waals surface area contributed by atoms with Crippen LogP contribution in [0.4, 0.5) is 0 Å². The van der Waals surface area contributed by atoms with Crippen LogP contribution in [0.5, 0.6) is 0 Å². The summed E-state index contributed by atoms with van der Waals surface area (Å²) in [7, 11) is 0. The number of hydrogen-bond donors (Lipinski definition) is 3. The molecule has 0 heterocycles. The third-order valence-corrected chi connectivity index (χ3v) is 0.782. The number of carboxylic acid groups (broad SMARTS) is 3. The third-order valence-electron chi connectivity index (χ3n) is 0.782. The van der Waals surface area contributed by atoms with Crippen molar-refractivity contribution in [2.45, 2.75) is 19.1 Å². The van der Waals surface area contributed by atoms with Crippen molar-refractivity contribution in [3.63, 3.8) is 0 Å². The first-order valence-corrected chi connectivity index (χ1v) is 3.17. The molecule has 138 valence electrons. The van der Waals surface area contributed by atoms with Crippen LogP contribution in [0.3, 0.4) is 0 Å². The molecule has 0 bridgehead atoms. The molecule has 0 spiro atoms. The normalized spacial score (nSPS) is 8.32. The minimum absolute atomic E-state index is 0. The SMILES string of the molecule is CC(=O)O.O.O.O.O.O.O.O.O=C([O-])C(O)C(O)C(=O)[O-].[Ca+2]. The quantitative estimate of drug-likeness (QED) is 0.396. The number of carboxylic acids is 3. The number of aliphatic carboxylic acids is 3. The fourth-order valence-electron chi connectivity index (χ4n) is 0.258. The Morgan fingerprint density at radius 3 is 0.864 bits per heavy atom. The molecular weight excluding hydrogens is 352 g/mol. The zero-order valence-corrected chi connectivity index (χ0v) is 13.5. The van der Waals surface area contributed by atoms with E-state index >= 15 is 0 Å². The Morgan fingerprint density at radius 2 is 0.818 bits per heavy atom. The second-order valence-electron chi connectivity index (χ2n) is 2.05. The van der Waals surface area contributed by atoms with E-state index in [9.17, 15) is 19.8 Å². The Kier molecular flexibility index (Phi) is 116. The molecule has 0 aromatic rings. The molecule has 0 saturated carbocycles. The summed E-state index contributed by atoms with van der Waals surface area (Å²) in [4.78, 5) is 28.3. The predicted octanol–water partition coefficient (Wildman–Crippen LogP) is -10.9. The van der Waals surface area contributed by atoms with Gasteiger partial charge in [-0.25, -0.2) is 0 Å². The summed E-state index contributed by atoms with van der Waals surface area (Å²) in [5, 5.41) is 43.1. The van der Waals surface area contributed by atoms with Crippen molar-refractivity contribution >= 4 is 55.6 Å². The molecule has 0 radical (unpaired) electrons. The Morgan fingerprint density at radius 1 is 0.727 bits per heavy atom. The van der Waals surface area contributed by atoms with Crippen LogP contribution in [0.1, 0.15) is 6.92 Å². The summed E-state index contributed by atoms with van der Waals surface area (Å²) in [5.74, 6) is -4.95. The molecule has 0 fully saturated rings. The van der Waals surface area contributed by atoms with E-state index in [1.54, 1.807) is 0 Å². The van der Waals surface area contributed by atoms with Gasteiger partial charge in [0, 0.05) is 6.92 Å². The molecule has 0 aromatic heterocycles. The van der Waals surface area contributed by atoms with E-state index in [0.29, 0.717) is 0 Å². The van der Waals surface area contributed by atoms with E-state index in [1.807, 2.05) is 0 Å². The standard InChI is InChI=1S/C4H6O6.C2H4O2.Ca.7H2O/c5-1(3(7)8)2(6)4(9)10;1-2(3)4;;;;;;;;/h1-2,5-6H,(H,7,8)(H,9,10);1H3,(H,3,4);;7*1H2/q;;+2;;;;;;;/p-2. The number of carbonyl (C=O) groups excluding carboxylic acids is 2. The Bertz CT molecular complexity index is 210. The van der Waals surface area contributed by atoms with Crippen LogP contribution >= 0.6 is 0 Å². The Labute approximate surface area is 153 Å². The molecule has 0 aliphatic carbocycles. The van der Waals surface area contributed by atoms with Gasteiger partial charge < -0.3 is 73.5 Å². The molecule has 0 aromatic carbocycles. The van der Waals surface area contributed by atoms with E-state index in [-0.39, 0.29) is 76.1 Å². The van der Waals surface area contributed by atoms with Crippen LogP contribution in [0, 0.1) is 0 Å². The number of hydrogen-bond acceptors (Lipinski definition) is 7. The zero-order chi connectivity index (χ0) is 11.9. The monoisotopic (exact) mass is 374 g/mol. The van der Waals surface area contributed by atoms with Gasteiger partial charge in [0.1, 0.15) is 12.2 Å². The topological polar surface area (TPSA) is 379 Å². The average molecular weight is 374 g/mol. The van der Waals surface area contributed by atoms with E-state index in [2.05, 4.69) is 0 Å². The van der Waals surface area contributed by atoms with Gasteiger partial charge in [0.05, 0.1) is 11.9 Å². The molecule has 22 heavy (non-hydrogen) atoms. The predicted molar refractivity (Wildman–Crippen MR) is 66.4 cm³/mol. The number of aliphatic hydroxyl groups is 2. The molecule has 2 atom stereocenters. The van der Waals surface area contributed by atoms with Gasteiger partial charge in [0.15, 0.2) is 0 Å². The average Bonchev–Trinajstić information content (AvgIpc) is 2.00.